The molecule has 0 radical (unpaired) electrons. The van der Waals surface area contributed by atoms with Crippen LogP contribution in [-0.4, -0.2) is 25.2 Å². The van der Waals surface area contributed by atoms with Gasteiger partial charge in [0.15, 0.2) is 9.84 Å². The predicted molar refractivity (Wildman–Crippen MR) is 72.6 cm³/mol. The van der Waals surface area contributed by atoms with Gasteiger partial charge in [-0.2, -0.15) is 0 Å². The maximum Gasteiger partial charge on any atom is 0.337 e. The van der Waals surface area contributed by atoms with E-state index in [1.165, 1.54) is 18.2 Å². The molecular formula is C12H15BrO4S. The lowest BCUT2D eigenvalue weighted by molar-refractivity contribution is 0.0692. The minimum absolute atomic E-state index is 0.00405. The Labute approximate surface area is 115 Å². The summed E-state index contributed by atoms with van der Waals surface area (Å²) in [6.45, 7) is 3.73. The molecule has 0 heterocycles. The van der Waals surface area contributed by atoms with Crippen molar-refractivity contribution in [2.24, 2.45) is 5.92 Å². The van der Waals surface area contributed by atoms with E-state index in [4.69, 9.17) is 5.11 Å². The van der Waals surface area contributed by atoms with Crippen molar-refractivity contribution in [3.8, 4) is 0 Å². The fourth-order valence-electron chi connectivity index (χ4n) is 1.51. The first-order chi connectivity index (χ1) is 8.27. The van der Waals surface area contributed by atoms with Gasteiger partial charge in [-0.25, -0.2) is 13.2 Å². The molecule has 1 aromatic carbocycles. The van der Waals surface area contributed by atoms with Crippen LogP contribution in [0.4, 0.5) is 0 Å². The number of aromatic carboxylic acids is 1. The molecule has 0 aliphatic heterocycles. The van der Waals surface area contributed by atoms with E-state index in [9.17, 15) is 13.2 Å². The number of carboxylic acids is 1. The number of halogens is 1. The molecule has 0 aliphatic carbocycles. The van der Waals surface area contributed by atoms with Gasteiger partial charge in [0, 0.05) is 4.47 Å². The summed E-state index contributed by atoms with van der Waals surface area (Å²) < 4.78 is 24.9. The van der Waals surface area contributed by atoms with Crippen molar-refractivity contribution < 1.29 is 18.3 Å². The van der Waals surface area contributed by atoms with E-state index >= 15 is 0 Å². The van der Waals surface area contributed by atoms with Crippen LogP contribution in [0, 0.1) is 5.92 Å². The Morgan fingerprint density at radius 2 is 2.06 bits per heavy atom. The van der Waals surface area contributed by atoms with Crippen LogP contribution in [0.25, 0.3) is 0 Å². The summed E-state index contributed by atoms with van der Waals surface area (Å²) in [6, 6.07) is 4.17. The topological polar surface area (TPSA) is 71.4 Å². The molecule has 1 N–H and O–H groups in total. The molecule has 0 spiro atoms. The fourth-order valence-corrected chi connectivity index (χ4v) is 3.99. The zero-order valence-corrected chi connectivity index (χ0v) is 12.6. The minimum atomic E-state index is -3.58. The van der Waals surface area contributed by atoms with Crippen LogP contribution in [0.1, 0.15) is 30.6 Å². The molecule has 0 fully saturated rings. The maximum atomic E-state index is 12.2. The van der Waals surface area contributed by atoms with Crippen LogP contribution in [0.15, 0.2) is 27.6 Å². The standard InChI is InChI=1S/C12H15BrO4S/c1-3-8(2)7-18(16,17)11-6-9(13)4-5-10(11)12(14)15/h4-6,8H,3,7H2,1-2H3,(H,14,15). The Bertz CT molecular complexity index is 551. The number of carbonyl (C=O) groups is 1. The molecule has 1 aromatic rings. The number of rotatable bonds is 5. The number of hydrogen-bond acceptors (Lipinski definition) is 3. The van der Waals surface area contributed by atoms with Gasteiger partial charge in [0.1, 0.15) is 0 Å². The highest BCUT2D eigenvalue weighted by Gasteiger charge is 2.24. The van der Waals surface area contributed by atoms with Crippen LogP contribution in [-0.2, 0) is 9.84 Å². The van der Waals surface area contributed by atoms with Crippen molar-refractivity contribution in [3.63, 3.8) is 0 Å². The van der Waals surface area contributed by atoms with Gasteiger partial charge < -0.3 is 5.11 Å². The Morgan fingerprint density at radius 1 is 1.44 bits per heavy atom. The van der Waals surface area contributed by atoms with Crippen LogP contribution in [0.5, 0.6) is 0 Å². The monoisotopic (exact) mass is 334 g/mol. The van der Waals surface area contributed by atoms with Crippen LogP contribution < -0.4 is 0 Å². The van der Waals surface area contributed by atoms with Gasteiger partial charge in [-0.05, 0) is 24.1 Å². The lowest BCUT2D eigenvalue weighted by atomic mass is 10.2. The van der Waals surface area contributed by atoms with E-state index in [0.717, 1.165) is 6.42 Å². The summed E-state index contributed by atoms with van der Waals surface area (Å²) in [5.74, 6) is -1.28. The number of sulfone groups is 1. The molecule has 1 rings (SSSR count). The maximum absolute atomic E-state index is 12.2. The quantitative estimate of drug-likeness (QED) is 0.898. The average molecular weight is 335 g/mol. The van der Waals surface area contributed by atoms with Gasteiger partial charge in [0.2, 0.25) is 0 Å². The summed E-state index contributed by atoms with van der Waals surface area (Å²) in [5, 5.41) is 9.03. The molecule has 1 unspecified atom stereocenters. The van der Waals surface area contributed by atoms with Crippen molar-refractivity contribution in [2.75, 3.05) is 5.75 Å². The SMILES string of the molecule is CCC(C)CS(=O)(=O)c1cc(Br)ccc1C(=O)O. The molecule has 6 heteroatoms. The third-order valence-electron chi connectivity index (χ3n) is 2.71. The normalized spacial score (nSPS) is 13.3. The molecule has 1 atom stereocenters. The second kappa shape index (κ2) is 5.84. The molecule has 0 aliphatic rings. The summed E-state index contributed by atoms with van der Waals surface area (Å²) >= 11 is 3.16. The predicted octanol–water partition coefficient (Wildman–Crippen LogP) is 2.97. The van der Waals surface area contributed by atoms with E-state index in [1.54, 1.807) is 0 Å². The smallest absolute Gasteiger partial charge is 0.337 e. The Kier molecular flexibility index (Phi) is 4.92. The number of carboxylic acid groups (broad SMARTS) is 1. The van der Waals surface area contributed by atoms with E-state index < -0.39 is 15.8 Å². The second-order valence-electron chi connectivity index (χ2n) is 4.24. The Hall–Kier alpha value is -0.880. The molecule has 0 saturated carbocycles. The molecule has 4 nitrogen and oxygen atoms in total. The molecular weight excluding hydrogens is 320 g/mol. The van der Waals surface area contributed by atoms with Crippen LogP contribution >= 0.6 is 15.9 Å². The highest BCUT2D eigenvalue weighted by atomic mass is 79.9. The molecule has 18 heavy (non-hydrogen) atoms. The summed E-state index contributed by atoms with van der Waals surface area (Å²) in [5.41, 5.74) is -0.179. The van der Waals surface area contributed by atoms with E-state index in [1.807, 2.05) is 13.8 Å². The van der Waals surface area contributed by atoms with E-state index in [0.29, 0.717) is 4.47 Å². The number of benzene rings is 1. The van der Waals surface area contributed by atoms with Gasteiger partial charge in [-0.1, -0.05) is 36.2 Å². The van der Waals surface area contributed by atoms with Crippen molar-refractivity contribution >= 4 is 31.7 Å². The van der Waals surface area contributed by atoms with Gasteiger partial charge in [-0.15, -0.1) is 0 Å². The highest BCUT2D eigenvalue weighted by molar-refractivity contribution is 9.10. The van der Waals surface area contributed by atoms with Crippen molar-refractivity contribution in [1.29, 1.82) is 0 Å². The van der Waals surface area contributed by atoms with Crippen LogP contribution in [0.3, 0.4) is 0 Å². The fraction of sp³-hybridized carbons (Fsp3) is 0.417. The van der Waals surface area contributed by atoms with Gasteiger partial charge in [0.25, 0.3) is 0 Å². The summed E-state index contributed by atoms with van der Waals surface area (Å²) in [4.78, 5) is 10.9. The number of hydrogen-bond donors (Lipinski definition) is 1. The molecule has 0 bridgehead atoms. The van der Waals surface area contributed by atoms with E-state index in [2.05, 4.69) is 15.9 Å². The van der Waals surface area contributed by atoms with Gasteiger partial charge in [-0.3, -0.25) is 0 Å². The van der Waals surface area contributed by atoms with E-state index in [-0.39, 0.29) is 22.1 Å². The largest absolute Gasteiger partial charge is 0.478 e. The summed E-state index contributed by atoms with van der Waals surface area (Å²) in [6.07, 6.45) is 0.732. The first-order valence-corrected chi connectivity index (χ1v) is 7.98. The lowest BCUT2D eigenvalue weighted by Crippen LogP contribution is -2.17. The van der Waals surface area contributed by atoms with Crippen molar-refractivity contribution in [2.45, 2.75) is 25.2 Å². The van der Waals surface area contributed by atoms with Gasteiger partial charge in [0.05, 0.1) is 16.2 Å². The first-order valence-electron chi connectivity index (χ1n) is 5.53. The third kappa shape index (κ3) is 3.55. The lowest BCUT2D eigenvalue weighted by Gasteiger charge is -2.12. The van der Waals surface area contributed by atoms with Crippen molar-refractivity contribution in [1.82, 2.24) is 0 Å². The van der Waals surface area contributed by atoms with Crippen LogP contribution in [0.2, 0.25) is 0 Å². The highest BCUT2D eigenvalue weighted by Crippen LogP contribution is 2.24. The first kappa shape index (κ1) is 15.2. The third-order valence-corrected chi connectivity index (χ3v) is 5.22. The summed E-state index contributed by atoms with van der Waals surface area (Å²) in [7, 11) is -3.58. The molecule has 0 amide bonds. The van der Waals surface area contributed by atoms with Crippen molar-refractivity contribution in [3.05, 3.63) is 28.2 Å². The van der Waals surface area contributed by atoms with Gasteiger partial charge >= 0.3 is 5.97 Å². The zero-order valence-electron chi connectivity index (χ0n) is 10.2. The minimum Gasteiger partial charge on any atom is -0.478 e. The molecule has 100 valence electrons. The Balaban J connectivity index is 3.30. The zero-order chi connectivity index (χ0) is 13.9. The molecule has 0 saturated heterocycles. The molecule has 0 aromatic heterocycles. The Morgan fingerprint density at radius 3 is 2.56 bits per heavy atom. The second-order valence-corrected chi connectivity index (χ2v) is 7.16. The average Bonchev–Trinajstić information content (AvgIpc) is 2.27.